The number of pyridine rings is 1. The van der Waals surface area contributed by atoms with Crippen LogP contribution in [0.3, 0.4) is 0 Å². The summed E-state index contributed by atoms with van der Waals surface area (Å²) < 4.78 is 7.97. The number of imidazole rings is 1. The average Bonchev–Trinajstić information content (AvgIpc) is 2.80. The van der Waals surface area contributed by atoms with Crippen LogP contribution < -0.4 is 10.1 Å². The molecule has 0 fully saturated rings. The first kappa shape index (κ1) is 12.7. The van der Waals surface area contributed by atoms with E-state index in [1.54, 1.807) is 0 Å². The number of hydrogen-bond acceptors (Lipinski definition) is 3. The van der Waals surface area contributed by atoms with Crippen molar-refractivity contribution in [3.63, 3.8) is 0 Å². The van der Waals surface area contributed by atoms with Gasteiger partial charge in [-0.25, -0.2) is 0 Å². The third kappa shape index (κ3) is 2.38. The minimum absolute atomic E-state index is 0.648. The normalized spacial score (nSPS) is 10.9. The maximum atomic E-state index is 5.93. The van der Waals surface area contributed by atoms with E-state index in [-0.39, 0.29) is 0 Å². The van der Waals surface area contributed by atoms with Crippen LogP contribution in [0.2, 0.25) is 0 Å². The number of nitrogens with one attached hydrogen (secondary N) is 1. The summed E-state index contributed by atoms with van der Waals surface area (Å²) >= 11 is 0. The number of fused-ring (bicyclic) bond motifs is 1. The van der Waals surface area contributed by atoms with Gasteiger partial charge in [0, 0.05) is 12.7 Å². The van der Waals surface area contributed by atoms with E-state index < -0.39 is 0 Å². The first-order valence-corrected chi connectivity index (χ1v) is 6.63. The Morgan fingerprint density at radius 3 is 2.70 bits per heavy atom. The Bertz CT molecular complexity index is 716. The van der Waals surface area contributed by atoms with Gasteiger partial charge in [-0.3, -0.25) is 4.40 Å². The lowest BCUT2D eigenvalue weighted by Gasteiger charge is -2.06. The molecule has 0 saturated heterocycles. The molecule has 0 spiro atoms. The molecule has 0 amide bonds. The second-order valence-electron chi connectivity index (χ2n) is 4.74. The van der Waals surface area contributed by atoms with Crippen molar-refractivity contribution in [2.75, 3.05) is 7.05 Å². The number of aryl methyl sites for hydroxylation is 1. The summed E-state index contributed by atoms with van der Waals surface area (Å²) in [5.74, 6) is 1.45. The van der Waals surface area contributed by atoms with Gasteiger partial charge in [0.1, 0.15) is 17.1 Å². The fraction of sp³-hybridized carbons (Fsp3) is 0.188. The first-order chi connectivity index (χ1) is 9.78. The minimum atomic E-state index is 0.648. The molecule has 0 bridgehead atoms. The molecule has 2 heterocycles. The van der Waals surface area contributed by atoms with Gasteiger partial charge in [0.15, 0.2) is 0 Å². The van der Waals surface area contributed by atoms with Gasteiger partial charge < -0.3 is 10.1 Å². The van der Waals surface area contributed by atoms with Gasteiger partial charge in [-0.2, -0.15) is 4.98 Å². The Labute approximate surface area is 118 Å². The molecule has 0 saturated carbocycles. The van der Waals surface area contributed by atoms with Crippen molar-refractivity contribution in [3.8, 4) is 11.6 Å². The van der Waals surface area contributed by atoms with E-state index in [1.165, 1.54) is 5.56 Å². The topological polar surface area (TPSA) is 38.6 Å². The number of benzene rings is 1. The summed E-state index contributed by atoms with van der Waals surface area (Å²) in [7, 11) is 1.91. The number of hydrogen-bond donors (Lipinski definition) is 1. The van der Waals surface area contributed by atoms with E-state index in [0.29, 0.717) is 12.4 Å². The van der Waals surface area contributed by atoms with Crippen molar-refractivity contribution < 1.29 is 4.74 Å². The smallest absolute Gasteiger partial charge is 0.242 e. The fourth-order valence-corrected chi connectivity index (χ4v) is 2.15. The fourth-order valence-electron chi connectivity index (χ4n) is 2.15. The van der Waals surface area contributed by atoms with E-state index in [0.717, 1.165) is 17.1 Å². The molecule has 0 aliphatic carbocycles. The van der Waals surface area contributed by atoms with E-state index in [9.17, 15) is 0 Å². The highest BCUT2D eigenvalue weighted by Gasteiger charge is 2.13. The predicted molar refractivity (Wildman–Crippen MR) is 79.2 cm³/mol. The Morgan fingerprint density at radius 1 is 1.15 bits per heavy atom. The standard InChI is InChI=1S/C16H17N3O/c1-12-6-8-13(9-7-12)20-16-14(11-17-2)19-10-4-3-5-15(19)18-16/h3-10,17H,11H2,1-2H3. The molecule has 0 radical (unpaired) electrons. The van der Waals surface area contributed by atoms with Crippen LogP contribution in [-0.2, 0) is 6.54 Å². The van der Waals surface area contributed by atoms with Gasteiger partial charge in [0.25, 0.3) is 0 Å². The van der Waals surface area contributed by atoms with E-state index in [4.69, 9.17) is 4.74 Å². The molecule has 102 valence electrons. The number of aromatic nitrogens is 2. The van der Waals surface area contributed by atoms with Gasteiger partial charge in [-0.15, -0.1) is 0 Å². The Morgan fingerprint density at radius 2 is 1.95 bits per heavy atom. The van der Waals surface area contributed by atoms with Crippen LogP contribution in [0.4, 0.5) is 0 Å². The Hall–Kier alpha value is -2.33. The van der Waals surface area contributed by atoms with E-state index >= 15 is 0 Å². The minimum Gasteiger partial charge on any atom is -0.437 e. The van der Waals surface area contributed by atoms with Crippen LogP contribution >= 0.6 is 0 Å². The van der Waals surface area contributed by atoms with Crippen LogP contribution in [0, 0.1) is 6.92 Å². The highest BCUT2D eigenvalue weighted by molar-refractivity contribution is 5.46. The zero-order valence-electron chi connectivity index (χ0n) is 11.6. The number of nitrogens with zero attached hydrogens (tertiary/aromatic N) is 2. The van der Waals surface area contributed by atoms with Gasteiger partial charge in [0.05, 0.1) is 0 Å². The highest BCUT2D eigenvalue weighted by atomic mass is 16.5. The van der Waals surface area contributed by atoms with Crippen molar-refractivity contribution in [2.24, 2.45) is 0 Å². The lowest BCUT2D eigenvalue weighted by Crippen LogP contribution is -2.08. The van der Waals surface area contributed by atoms with Gasteiger partial charge in [-0.1, -0.05) is 23.8 Å². The highest BCUT2D eigenvalue weighted by Crippen LogP contribution is 2.26. The molecular formula is C16H17N3O. The quantitative estimate of drug-likeness (QED) is 0.789. The molecule has 1 N–H and O–H groups in total. The molecule has 3 aromatic rings. The lowest BCUT2D eigenvalue weighted by atomic mass is 10.2. The van der Waals surface area contributed by atoms with E-state index in [2.05, 4.69) is 17.2 Å². The van der Waals surface area contributed by atoms with Crippen molar-refractivity contribution in [3.05, 3.63) is 59.9 Å². The third-order valence-electron chi connectivity index (χ3n) is 3.17. The van der Waals surface area contributed by atoms with Crippen molar-refractivity contribution in [2.45, 2.75) is 13.5 Å². The Balaban J connectivity index is 2.01. The van der Waals surface area contributed by atoms with Crippen LogP contribution in [0.1, 0.15) is 11.3 Å². The van der Waals surface area contributed by atoms with Gasteiger partial charge in [-0.05, 0) is 38.2 Å². The maximum Gasteiger partial charge on any atom is 0.242 e. The van der Waals surface area contributed by atoms with E-state index in [1.807, 2.05) is 60.1 Å². The lowest BCUT2D eigenvalue weighted by molar-refractivity contribution is 0.457. The number of ether oxygens (including phenoxy) is 1. The molecule has 3 rings (SSSR count). The molecule has 0 atom stereocenters. The van der Waals surface area contributed by atoms with Crippen LogP contribution in [0.5, 0.6) is 11.6 Å². The summed E-state index contributed by atoms with van der Waals surface area (Å²) in [4.78, 5) is 4.55. The monoisotopic (exact) mass is 267 g/mol. The average molecular weight is 267 g/mol. The molecular weight excluding hydrogens is 250 g/mol. The predicted octanol–water partition coefficient (Wildman–Crippen LogP) is 3.15. The summed E-state index contributed by atoms with van der Waals surface area (Å²) in [5, 5.41) is 3.16. The summed E-state index contributed by atoms with van der Waals surface area (Å²) in [6.07, 6.45) is 2.00. The summed E-state index contributed by atoms with van der Waals surface area (Å²) in [6, 6.07) is 13.9. The maximum absolute atomic E-state index is 5.93. The molecule has 0 aliphatic rings. The van der Waals surface area contributed by atoms with Gasteiger partial charge in [0.2, 0.25) is 5.88 Å². The van der Waals surface area contributed by atoms with Crippen LogP contribution in [0.15, 0.2) is 48.7 Å². The molecule has 1 aromatic carbocycles. The first-order valence-electron chi connectivity index (χ1n) is 6.63. The van der Waals surface area contributed by atoms with Crippen molar-refractivity contribution >= 4 is 5.65 Å². The van der Waals surface area contributed by atoms with Crippen LogP contribution in [0.25, 0.3) is 5.65 Å². The third-order valence-corrected chi connectivity index (χ3v) is 3.17. The van der Waals surface area contributed by atoms with Crippen molar-refractivity contribution in [1.82, 2.24) is 14.7 Å². The molecule has 2 aromatic heterocycles. The zero-order chi connectivity index (χ0) is 13.9. The molecule has 0 aliphatic heterocycles. The molecule has 0 unspecified atom stereocenters. The second-order valence-corrected chi connectivity index (χ2v) is 4.74. The second kappa shape index (κ2) is 5.35. The SMILES string of the molecule is CNCc1c(Oc2ccc(C)cc2)nc2ccccn12. The molecule has 4 heteroatoms. The van der Waals surface area contributed by atoms with Crippen molar-refractivity contribution in [1.29, 1.82) is 0 Å². The summed E-state index contributed by atoms with van der Waals surface area (Å²) in [5.41, 5.74) is 3.12. The summed E-state index contributed by atoms with van der Waals surface area (Å²) in [6.45, 7) is 2.76. The Kier molecular flexibility index (Phi) is 3.39. The number of rotatable bonds is 4. The largest absolute Gasteiger partial charge is 0.437 e. The molecule has 4 nitrogen and oxygen atoms in total. The zero-order valence-corrected chi connectivity index (χ0v) is 11.6. The molecule has 20 heavy (non-hydrogen) atoms. The van der Waals surface area contributed by atoms with Gasteiger partial charge >= 0.3 is 0 Å². The van der Waals surface area contributed by atoms with Crippen LogP contribution in [-0.4, -0.2) is 16.4 Å².